The molecule has 0 aromatic heterocycles. The van der Waals surface area contributed by atoms with Crippen LogP contribution in [-0.4, -0.2) is 59.4 Å². The lowest BCUT2D eigenvalue weighted by atomic mass is 9.70. The van der Waals surface area contributed by atoms with E-state index in [0.717, 1.165) is 74.0 Å². The molecule has 58 heavy (non-hydrogen) atoms. The summed E-state index contributed by atoms with van der Waals surface area (Å²) in [5, 5.41) is 7.42. The number of hydrogen-bond donors (Lipinski definition) is 1. The molecule has 10 nitrogen and oxygen atoms in total. The Morgan fingerprint density at radius 1 is 0.672 bits per heavy atom. The van der Waals surface area contributed by atoms with Gasteiger partial charge in [-0.15, -0.1) is 0 Å². The standard InChI is InChI=1S/C44H60O8.C2H4O2.C2H6/c1-4-19(40(45)51-38-26-14-28-29(15-26)42(47)52-39(28)38)9-27(41(46)49-32-16-24-12-30(32)36-22-7-5-20(10-22)34(24)36)18-44(2,3)43(48)50-33-17-25-13-31(33)37-23-8-6-21(11-23)35(25)37;1-2(3)4;1-2/h19-39H,4-18H2,1-3H3;1H3,(H,3,4);1-2H3. The number of carbonyl (C=O) groups is 5. The van der Waals surface area contributed by atoms with Crippen molar-refractivity contribution in [2.75, 3.05) is 0 Å². The van der Waals surface area contributed by atoms with Crippen molar-refractivity contribution in [1.29, 1.82) is 0 Å². The van der Waals surface area contributed by atoms with Crippen molar-refractivity contribution in [2.45, 2.75) is 162 Å². The fourth-order valence-corrected chi connectivity index (χ4v) is 16.9. The Kier molecular flexibility index (Phi) is 10.8. The van der Waals surface area contributed by atoms with Crippen LogP contribution >= 0.6 is 0 Å². The number of fused-ring (bicyclic) bond motifs is 19. The molecule has 10 bridgehead atoms. The summed E-state index contributed by atoms with van der Waals surface area (Å²) in [6, 6.07) is 0. The van der Waals surface area contributed by atoms with Gasteiger partial charge in [-0.1, -0.05) is 20.8 Å². The Morgan fingerprint density at radius 3 is 1.72 bits per heavy atom. The summed E-state index contributed by atoms with van der Waals surface area (Å²) in [6.45, 7) is 10.9. The molecule has 1 aliphatic heterocycles. The summed E-state index contributed by atoms with van der Waals surface area (Å²) in [5.74, 6) is 6.32. The molecule has 10 aliphatic carbocycles. The van der Waals surface area contributed by atoms with Crippen LogP contribution in [0.1, 0.15) is 138 Å². The van der Waals surface area contributed by atoms with Gasteiger partial charge in [0.15, 0.2) is 0 Å². The predicted octanol–water partition coefficient (Wildman–Crippen LogP) is 8.27. The van der Waals surface area contributed by atoms with Gasteiger partial charge >= 0.3 is 23.9 Å². The monoisotopic (exact) mass is 806 g/mol. The molecule has 0 spiro atoms. The van der Waals surface area contributed by atoms with Gasteiger partial charge in [0, 0.05) is 18.8 Å². The molecule has 1 saturated heterocycles. The predicted molar refractivity (Wildman–Crippen MR) is 212 cm³/mol. The first-order valence-corrected chi connectivity index (χ1v) is 23.8. The molecule has 11 aliphatic rings. The van der Waals surface area contributed by atoms with Crippen molar-refractivity contribution in [3.63, 3.8) is 0 Å². The van der Waals surface area contributed by atoms with E-state index in [4.69, 9.17) is 28.8 Å². The fourth-order valence-electron chi connectivity index (χ4n) is 16.9. The van der Waals surface area contributed by atoms with E-state index < -0.39 is 29.3 Å². The molecule has 0 radical (unpaired) electrons. The topological polar surface area (TPSA) is 142 Å². The van der Waals surface area contributed by atoms with Crippen LogP contribution in [0.25, 0.3) is 0 Å². The first kappa shape index (κ1) is 40.7. The lowest BCUT2D eigenvalue weighted by Gasteiger charge is -2.40. The first-order chi connectivity index (χ1) is 27.8. The number of ether oxygens (including phenoxy) is 4. The Hall–Kier alpha value is -2.65. The zero-order valence-corrected chi connectivity index (χ0v) is 35.9. The fraction of sp³-hybridized carbons (Fsp3) is 0.896. The van der Waals surface area contributed by atoms with Gasteiger partial charge in [0.25, 0.3) is 5.97 Å². The summed E-state index contributed by atoms with van der Waals surface area (Å²) in [4.78, 5) is 63.9. The van der Waals surface area contributed by atoms with Crippen molar-refractivity contribution >= 4 is 29.8 Å². The van der Waals surface area contributed by atoms with Crippen molar-refractivity contribution in [3.8, 4) is 0 Å². The van der Waals surface area contributed by atoms with E-state index in [9.17, 15) is 19.2 Å². The highest BCUT2D eigenvalue weighted by molar-refractivity contribution is 5.80. The molecule has 11 rings (SSSR count). The molecule has 0 aromatic rings. The highest BCUT2D eigenvalue weighted by Crippen LogP contribution is 2.69. The summed E-state index contributed by atoms with van der Waals surface area (Å²) in [6.07, 6.45) is 14.5. The van der Waals surface area contributed by atoms with Crippen LogP contribution in [0.4, 0.5) is 0 Å². The van der Waals surface area contributed by atoms with E-state index in [1.165, 1.54) is 51.4 Å². The Balaban J connectivity index is 0.000000687. The van der Waals surface area contributed by atoms with E-state index in [1.807, 2.05) is 34.6 Å². The van der Waals surface area contributed by atoms with Crippen molar-refractivity contribution in [1.82, 2.24) is 0 Å². The summed E-state index contributed by atoms with van der Waals surface area (Å²) < 4.78 is 24.9. The van der Waals surface area contributed by atoms with E-state index in [2.05, 4.69) is 0 Å². The summed E-state index contributed by atoms with van der Waals surface area (Å²) >= 11 is 0. The number of aliphatic carboxylic acids is 1. The average molecular weight is 807 g/mol. The molecule has 10 saturated carbocycles. The van der Waals surface area contributed by atoms with Gasteiger partial charge < -0.3 is 24.1 Å². The van der Waals surface area contributed by atoms with Crippen LogP contribution in [-0.2, 0) is 42.9 Å². The smallest absolute Gasteiger partial charge is 0.311 e. The second-order valence-electron chi connectivity index (χ2n) is 21.6. The van der Waals surface area contributed by atoms with Crippen molar-refractivity contribution in [2.24, 2.45) is 106 Å². The minimum atomic E-state index is -0.899. The largest absolute Gasteiger partial charge is 0.481 e. The van der Waals surface area contributed by atoms with Crippen LogP contribution < -0.4 is 0 Å². The number of esters is 4. The number of carboxylic acid groups (broad SMARTS) is 1. The Labute approximate surface area is 345 Å². The number of carbonyl (C=O) groups excluding carboxylic acids is 4. The second-order valence-corrected chi connectivity index (χ2v) is 21.6. The third-order valence-electron chi connectivity index (χ3n) is 18.6. The maximum atomic E-state index is 14.5. The number of carboxylic acids is 1. The van der Waals surface area contributed by atoms with E-state index >= 15 is 0 Å². The molecular formula is C48H70O10. The molecule has 0 aromatic carbocycles. The maximum absolute atomic E-state index is 14.5. The minimum Gasteiger partial charge on any atom is -0.481 e. The highest BCUT2D eigenvalue weighted by atomic mass is 16.6. The first-order valence-electron chi connectivity index (χ1n) is 23.8. The van der Waals surface area contributed by atoms with Crippen LogP contribution in [0, 0.1) is 106 Å². The maximum Gasteiger partial charge on any atom is 0.311 e. The Morgan fingerprint density at radius 2 is 1.17 bits per heavy atom. The van der Waals surface area contributed by atoms with Crippen molar-refractivity contribution < 1.29 is 48.0 Å². The second kappa shape index (κ2) is 15.4. The van der Waals surface area contributed by atoms with Gasteiger partial charge in [-0.05, 0) is 181 Å². The molecule has 1 heterocycles. The molecule has 1 N–H and O–H groups in total. The van der Waals surface area contributed by atoms with Crippen molar-refractivity contribution in [3.05, 3.63) is 0 Å². The third kappa shape index (κ3) is 6.64. The van der Waals surface area contributed by atoms with Gasteiger partial charge in [-0.3, -0.25) is 24.0 Å². The van der Waals surface area contributed by atoms with Gasteiger partial charge in [0.2, 0.25) is 0 Å². The van der Waals surface area contributed by atoms with Gasteiger partial charge in [-0.2, -0.15) is 0 Å². The SMILES string of the molecule is CC.CC(=O)O.CCC(CC(CC(C)(C)C(=O)OC1CC2CC1C1C3CCC(C3)C21)C(=O)OC1CC2CC1C1C3CCC(C3)C21)C(=O)OC1C2CC3C(=O)OC1C3C2. The van der Waals surface area contributed by atoms with Gasteiger partial charge in [0.05, 0.1) is 23.2 Å². The molecule has 0 amide bonds. The van der Waals surface area contributed by atoms with Crippen LogP contribution in [0.15, 0.2) is 0 Å². The summed E-state index contributed by atoms with van der Waals surface area (Å²) in [5.41, 5.74) is -0.899. The molecule has 21 unspecified atom stereocenters. The minimum absolute atomic E-state index is 0.00380. The number of rotatable bonds is 11. The van der Waals surface area contributed by atoms with E-state index in [-0.39, 0.29) is 66.4 Å². The van der Waals surface area contributed by atoms with E-state index in [1.54, 1.807) is 0 Å². The molecule has 11 fully saturated rings. The normalized spacial score (nSPS) is 46.7. The average Bonchev–Trinajstić information content (AvgIpc) is 4.04. The lowest BCUT2D eigenvalue weighted by molar-refractivity contribution is -0.171. The Bertz CT molecular complexity index is 1630. The van der Waals surface area contributed by atoms with Gasteiger partial charge in [0.1, 0.15) is 24.4 Å². The van der Waals surface area contributed by atoms with E-state index in [0.29, 0.717) is 42.4 Å². The number of hydrogen-bond acceptors (Lipinski definition) is 9. The zero-order valence-electron chi connectivity index (χ0n) is 35.9. The third-order valence-corrected chi connectivity index (χ3v) is 18.6. The molecule has 10 heteroatoms. The van der Waals surface area contributed by atoms with Crippen LogP contribution in [0.5, 0.6) is 0 Å². The van der Waals surface area contributed by atoms with Crippen LogP contribution in [0.2, 0.25) is 0 Å². The van der Waals surface area contributed by atoms with Crippen LogP contribution in [0.3, 0.4) is 0 Å². The molecular weight excluding hydrogens is 737 g/mol. The molecule has 322 valence electrons. The highest BCUT2D eigenvalue weighted by Gasteiger charge is 2.66. The summed E-state index contributed by atoms with van der Waals surface area (Å²) in [7, 11) is 0. The quantitative estimate of drug-likeness (QED) is 0.123. The zero-order chi connectivity index (χ0) is 40.9. The van der Waals surface area contributed by atoms with Gasteiger partial charge in [-0.25, -0.2) is 0 Å². The molecule has 21 atom stereocenters. The lowest BCUT2D eigenvalue weighted by Crippen LogP contribution is -2.42.